The molecule has 7 nitrogen and oxygen atoms in total. The van der Waals surface area contributed by atoms with E-state index in [0.29, 0.717) is 25.2 Å². The molecule has 1 unspecified atom stereocenters. The third-order valence-corrected chi connectivity index (χ3v) is 5.54. The van der Waals surface area contributed by atoms with Gasteiger partial charge in [-0.25, -0.2) is 12.7 Å². The highest BCUT2D eigenvalue weighted by Crippen LogP contribution is 2.19. The van der Waals surface area contributed by atoms with Gasteiger partial charge in [0.25, 0.3) is 0 Å². The average Bonchev–Trinajstić information content (AvgIpc) is 3.04. The number of carbonyl (C=O) groups excluding carboxylic acids is 2. The zero-order valence-corrected chi connectivity index (χ0v) is 15.3. The van der Waals surface area contributed by atoms with Crippen molar-refractivity contribution >= 4 is 27.5 Å². The Morgan fingerprint density at radius 2 is 2.16 bits per heavy atom. The number of hydrogen-bond acceptors (Lipinski definition) is 4. The van der Waals surface area contributed by atoms with Crippen LogP contribution < -0.4 is 5.32 Å². The van der Waals surface area contributed by atoms with Crippen LogP contribution in [0.5, 0.6) is 0 Å². The summed E-state index contributed by atoms with van der Waals surface area (Å²) in [5, 5.41) is 2.66. The predicted molar refractivity (Wildman–Crippen MR) is 96.6 cm³/mol. The highest BCUT2D eigenvalue weighted by atomic mass is 32.2. The van der Waals surface area contributed by atoms with Gasteiger partial charge >= 0.3 is 0 Å². The molecule has 1 N–H and O–H groups in total. The van der Waals surface area contributed by atoms with E-state index in [0.717, 1.165) is 5.56 Å². The van der Waals surface area contributed by atoms with Crippen molar-refractivity contribution in [2.24, 2.45) is 0 Å². The van der Waals surface area contributed by atoms with Gasteiger partial charge in [0.05, 0.1) is 12.7 Å². The number of nitrogens with zero attached hydrogens (tertiary/aromatic N) is 2. The average molecular weight is 365 g/mol. The molecule has 0 saturated carbocycles. The Labute approximate surface area is 148 Å². The van der Waals surface area contributed by atoms with Gasteiger partial charge in [0, 0.05) is 31.9 Å². The van der Waals surface area contributed by atoms with Crippen molar-refractivity contribution in [3.05, 3.63) is 42.5 Å². The predicted octanol–water partition coefficient (Wildman–Crippen LogP) is 0.846. The van der Waals surface area contributed by atoms with Crippen molar-refractivity contribution < 1.29 is 18.0 Å². The van der Waals surface area contributed by atoms with Gasteiger partial charge in [-0.3, -0.25) is 9.59 Å². The third-order valence-electron chi connectivity index (χ3n) is 4.27. The number of sulfonamides is 1. The Hall–Kier alpha value is -2.19. The van der Waals surface area contributed by atoms with Crippen molar-refractivity contribution in [1.82, 2.24) is 9.21 Å². The highest BCUT2D eigenvalue weighted by Gasteiger charge is 2.32. The van der Waals surface area contributed by atoms with Crippen LogP contribution in [0.2, 0.25) is 0 Å². The fraction of sp³-hybridized carbons (Fsp3) is 0.412. The number of rotatable bonds is 6. The molecule has 2 rings (SSSR count). The molecule has 0 aromatic heterocycles. The van der Waals surface area contributed by atoms with Gasteiger partial charge in [-0.2, -0.15) is 0 Å². The van der Waals surface area contributed by atoms with Gasteiger partial charge in [-0.05, 0) is 30.2 Å². The summed E-state index contributed by atoms with van der Waals surface area (Å²) < 4.78 is 24.6. The van der Waals surface area contributed by atoms with Gasteiger partial charge in [0.15, 0.2) is 0 Å². The molecule has 136 valence electrons. The van der Waals surface area contributed by atoms with E-state index in [1.54, 1.807) is 30.1 Å². The van der Waals surface area contributed by atoms with Crippen LogP contribution in [0.1, 0.15) is 12.0 Å². The number of amides is 2. The van der Waals surface area contributed by atoms with Crippen molar-refractivity contribution in [3.63, 3.8) is 0 Å². The molecule has 0 radical (unpaired) electrons. The number of hydrogen-bond donors (Lipinski definition) is 1. The molecule has 1 aliphatic heterocycles. The maximum Gasteiger partial charge on any atom is 0.247 e. The first-order valence-electron chi connectivity index (χ1n) is 7.94. The van der Waals surface area contributed by atoms with E-state index >= 15 is 0 Å². The molecule has 1 aromatic rings. The second-order valence-corrected chi connectivity index (χ2v) is 8.12. The van der Waals surface area contributed by atoms with Gasteiger partial charge < -0.3 is 10.2 Å². The zero-order chi connectivity index (χ0) is 18.6. The molecular formula is C17H23N3O4S. The fourth-order valence-corrected chi connectivity index (χ4v) is 3.66. The van der Waals surface area contributed by atoms with Crippen LogP contribution in [0.25, 0.3) is 0 Å². The number of carbonyl (C=O) groups is 2. The summed E-state index contributed by atoms with van der Waals surface area (Å²) >= 11 is 0. The summed E-state index contributed by atoms with van der Waals surface area (Å²) in [7, 11) is -1.53. The third kappa shape index (κ3) is 5.14. The molecule has 2 amide bonds. The molecule has 0 bridgehead atoms. The second kappa shape index (κ2) is 7.79. The second-order valence-electron chi connectivity index (χ2n) is 6.14. The minimum atomic E-state index is -3.23. The number of likely N-dealkylation sites (N-methyl/N-ethyl adjacent to an activating group) is 1. The molecule has 1 saturated heterocycles. The summed E-state index contributed by atoms with van der Waals surface area (Å²) in [5.74, 6) is -0.403. The molecule has 1 aliphatic rings. The Morgan fingerprint density at radius 3 is 2.76 bits per heavy atom. The first-order valence-corrected chi connectivity index (χ1v) is 9.78. The summed E-state index contributed by atoms with van der Waals surface area (Å²) in [5.41, 5.74) is 1.37. The van der Waals surface area contributed by atoms with E-state index in [2.05, 4.69) is 11.9 Å². The molecule has 25 heavy (non-hydrogen) atoms. The van der Waals surface area contributed by atoms with Gasteiger partial charge in [-0.15, -0.1) is 0 Å². The van der Waals surface area contributed by atoms with E-state index in [4.69, 9.17) is 0 Å². The van der Waals surface area contributed by atoms with Crippen molar-refractivity contribution in [2.75, 3.05) is 31.7 Å². The summed E-state index contributed by atoms with van der Waals surface area (Å²) in [4.78, 5) is 25.5. The maximum absolute atomic E-state index is 12.5. The molecule has 1 aromatic carbocycles. The SMILES string of the molecule is C=CC(=O)Nc1cccc(CC(=O)N(C)C2CCN(S(C)(=O)=O)C2)c1. The lowest BCUT2D eigenvalue weighted by Crippen LogP contribution is -2.40. The molecule has 0 aliphatic carbocycles. The van der Waals surface area contributed by atoms with Crippen LogP contribution in [0, 0.1) is 0 Å². The van der Waals surface area contributed by atoms with Crippen LogP contribution in [0.4, 0.5) is 5.69 Å². The fourth-order valence-electron chi connectivity index (χ4n) is 2.78. The van der Waals surface area contributed by atoms with Crippen molar-refractivity contribution in [1.29, 1.82) is 0 Å². The van der Waals surface area contributed by atoms with Gasteiger partial charge in [-0.1, -0.05) is 18.7 Å². The van der Waals surface area contributed by atoms with Crippen LogP contribution in [0.3, 0.4) is 0 Å². The van der Waals surface area contributed by atoms with Crippen molar-refractivity contribution in [3.8, 4) is 0 Å². The lowest BCUT2D eigenvalue weighted by Gasteiger charge is -2.24. The topological polar surface area (TPSA) is 86.8 Å². The number of anilines is 1. The Kier molecular flexibility index (Phi) is 5.97. The highest BCUT2D eigenvalue weighted by molar-refractivity contribution is 7.88. The van der Waals surface area contributed by atoms with Crippen LogP contribution in [-0.2, 0) is 26.0 Å². The summed E-state index contributed by atoms with van der Waals surface area (Å²) in [6, 6.07) is 6.94. The molecule has 1 heterocycles. The van der Waals surface area contributed by atoms with E-state index < -0.39 is 10.0 Å². The zero-order valence-electron chi connectivity index (χ0n) is 14.4. The summed E-state index contributed by atoms with van der Waals surface area (Å²) in [6.45, 7) is 4.16. The quantitative estimate of drug-likeness (QED) is 0.757. The lowest BCUT2D eigenvalue weighted by molar-refractivity contribution is -0.131. The standard InChI is InChI=1S/C17H23N3O4S/c1-4-16(21)18-14-7-5-6-13(10-14)11-17(22)19(2)15-8-9-20(12-15)25(3,23)24/h4-7,10,15H,1,8-9,11-12H2,2-3H3,(H,18,21). The molecule has 8 heteroatoms. The smallest absolute Gasteiger partial charge is 0.247 e. The molecule has 0 spiro atoms. The van der Waals surface area contributed by atoms with Crippen LogP contribution >= 0.6 is 0 Å². The Morgan fingerprint density at radius 1 is 1.44 bits per heavy atom. The van der Waals surface area contributed by atoms with E-state index in [1.807, 2.05) is 6.07 Å². The molecule has 1 fully saturated rings. The minimum absolute atomic E-state index is 0.0902. The monoisotopic (exact) mass is 365 g/mol. The largest absolute Gasteiger partial charge is 0.341 e. The first-order chi connectivity index (χ1) is 11.7. The van der Waals surface area contributed by atoms with E-state index in [1.165, 1.54) is 16.6 Å². The normalized spacial score (nSPS) is 17.9. The molecule has 1 atom stereocenters. The first kappa shape index (κ1) is 19.1. The lowest BCUT2D eigenvalue weighted by atomic mass is 10.1. The summed E-state index contributed by atoms with van der Waals surface area (Å²) in [6.07, 6.45) is 3.17. The maximum atomic E-state index is 12.5. The minimum Gasteiger partial charge on any atom is -0.341 e. The van der Waals surface area contributed by atoms with Crippen LogP contribution in [-0.4, -0.2) is 61.9 Å². The van der Waals surface area contributed by atoms with E-state index in [-0.39, 0.29) is 24.3 Å². The van der Waals surface area contributed by atoms with Crippen LogP contribution in [0.15, 0.2) is 36.9 Å². The van der Waals surface area contributed by atoms with Crippen molar-refractivity contribution in [2.45, 2.75) is 18.9 Å². The Bertz CT molecular complexity index is 776. The van der Waals surface area contributed by atoms with Gasteiger partial charge in [0.2, 0.25) is 21.8 Å². The van der Waals surface area contributed by atoms with E-state index in [9.17, 15) is 18.0 Å². The number of benzene rings is 1. The van der Waals surface area contributed by atoms with Gasteiger partial charge in [0.1, 0.15) is 0 Å². The number of nitrogens with one attached hydrogen (secondary N) is 1. The molecular weight excluding hydrogens is 342 g/mol. The Balaban J connectivity index is 1.99.